The normalized spacial score (nSPS) is 29.9. The first-order valence-electron chi connectivity index (χ1n) is 8.16. The lowest BCUT2D eigenvalue weighted by atomic mass is 9.95. The maximum absolute atomic E-state index is 12.3. The van der Waals surface area contributed by atoms with Gasteiger partial charge in [-0.3, -0.25) is 10.1 Å². The topological polar surface area (TPSA) is 47.6 Å². The Morgan fingerprint density at radius 3 is 2.71 bits per heavy atom. The molecule has 2 fully saturated rings. The highest BCUT2D eigenvalue weighted by atomic mass is 32.2. The third-order valence-corrected chi connectivity index (χ3v) is 5.84. The largest absolute Gasteiger partial charge is 0.465 e. The standard InChI is InChI=1S/C16H29NO3S/c1-5-19-15(18)16(4,17-13-6-7-13)10-11(2)21-14-8-9-20-12(14)3/h11-14,17H,5-10H2,1-4H3. The number of ether oxygens (including phenoxy) is 2. The number of thioether (sulfide) groups is 1. The van der Waals surface area contributed by atoms with Crippen molar-refractivity contribution in [3.63, 3.8) is 0 Å². The molecule has 0 aromatic rings. The summed E-state index contributed by atoms with van der Waals surface area (Å²) in [5, 5.41) is 4.45. The Balaban J connectivity index is 1.91. The van der Waals surface area contributed by atoms with E-state index in [0.29, 0.717) is 29.3 Å². The molecule has 0 spiro atoms. The molecule has 1 saturated carbocycles. The van der Waals surface area contributed by atoms with E-state index < -0.39 is 5.54 Å². The Morgan fingerprint density at radius 2 is 2.19 bits per heavy atom. The third-order valence-electron chi connectivity index (χ3n) is 4.24. The monoisotopic (exact) mass is 315 g/mol. The highest BCUT2D eigenvalue weighted by Crippen LogP contribution is 2.34. The Morgan fingerprint density at radius 1 is 1.48 bits per heavy atom. The van der Waals surface area contributed by atoms with Crippen molar-refractivity contribution in [2.45, 2.75) is 81.6 Å². The zero-order valence-electron chi connectivity index (χ0n) is 13.7. The van der Waals surface area contributed by atoms with E-state index in [1.807, 2.05) is 25.6 Å². The van der Waals surface area contributed by atoms with E-state index >= 15 is 0 Å². The number of hydrogen-bond acceptors (Lipinski definition) is 5. The molecule has 1 saturated heterocycles. The Hall–Kier alpha value is -0.260. The van der Waals surface area contributed by atoms with Crippen molar-refractivity contribution in [2.24, 2.45) is 0 Å². The van der Waals surface area contributed by atoms with Crippen LogP contribution in [0.2, 0.25) is 0 Å². The number of rotatable bonds is 8. The highest BCUT2D eigenvalue weighted by Gasteiger charge is 2.41. The first-order valence-corrected chi connectivity index (χ1v) is 9.11. The summed E-state index contributed by atoms with van der Waals surface area (Å²) in [6.07, 6.45) is 4.58. The molecule has 0 radical (unpaired) electrons. The lowest BCUT2D eigenvalue weighted by Crippen LogP contribution is -2.53. The molecule has 1 N–H and O–H groups in total. The summed E-state index contributed by atoms with van der Waals surface area (Å²) in [7, 11) is 0. The van der Waals surface area contributed by atoms with Crippen LogP contribution in [0.5, 0.6) is 0 Å². The molecule has 1 aliphatic carbocycles. The van der Waals surface area contributed by atoms with Gasteiger partial charge in [0.15, 0.2) is 0 Å². The van der Waals surface area contributed by atoms with E-state index in [0.717, 1.165) is 19.4 Å². The van der Waals surface area contributed by atoms with Crippen molar-refractivity contribution in [1.29, 1.82) is 0 Å². The predicted octanol–water partition coefficient (Wildman–Crippen LogP) is 2.75. The molecular formula is C16H29NO3S. The van der Waals surface area contributed by atoms with Crippen LogP contribution in [0.15, 0.2) is 0 Å². The molecule has 1 heterocycles. The quantitative estimate of drug-likeness (QED) is 0.698. The minimum atomic E-state index is -0.563. The van der Waals surface area contributed by atoms with Crippen LogP contribution in [0.3, 0.4) is 0 Å². The van der Waals surface area contributed by atoms with Gasteiger partial charge in [0.2, 0.25) is 0 Å². The second-order valence-corrected chi connectivity index (χ2v) is 8.21. The summed E-state index contributed by atoms with van der Waals surface area (Å²) >= 11 is 1.95. The summed E-state index contributed by atoms with van der Waals surface area (Å²) in [5.41, 5.74) is -0.563. The zero-order valence-corrected chi connectivity index (χ0v) is 14.5. The fraction of sp³-hybridized carbons (Fsp3) is 0.938. The molecule has 0 bridgehead atoms. The van der Waals surface area contributed by atoms with E-state index in [9.17, 15) is 4.79 Å². The van der Waals surface area contributed by atoms with Crippen LogP contribution in [0.25, 0.3) is 0 Å². The molecule has 4 atom stereocenters. The van der Waals surface area contributed by atoms with Crippen LogP contribution in [0.4, 0.5) is 0 Å². The first-order chi connectivity index (χ1) is 9.94. The summed E-state index contributed by atoms with van der Waals surface area (Å²) in [6, 6.07) is 0.491. The lowest BCUT2D eigenvalue weighted by Gasteiger charge is -2.32. The smallest absolute Gasteiger partial charge is 0.326 e. The number of nitrogens with one attached hydrogen (secondary N) is 1. The van der Waals surface area contributed by atoms with Crippen LogP contribution in [-0.4, -0.2) is 47.4 Å². The summed E-state index contributed by atoms with van der Waals surface area (Å²) in [5.74, 6) is -0.111. The van der Waals surface area contributed by atoms with Gasteiger partial charge in [-0.25, -0.2) is 0 Å². The zero-order chi connectivity index (χ0) is 15.5. The average Bonchev–Trinajstić information content (AvgIpc) is 3.12. The van der Waals surface area contributed by atoms with Crippen molar-refractivity contribution < 1.29 is 14.3 Å². The molecule has 2 aliphatic rings. The van der Waals surface area contributed by atoms with Crippen LogP contribution >= 0.6 is 11.8 Å². The van der Waals surface area contributed by atoms with E-state index in [-0.39, 0.29) is 5.97 Å². The van der Waals surface area contributed by atoms with Gasteiger partial charge in [-0.1, -0.05) is 6.92 Å². The van der Waals surface area contributed by atoms with Crippen molar-refractivity contribution >= 4 is 17.7 Å². The van der Waals surface area contributed by atoms with Crippen molar-refractivity contribution in [3.8, 4) is 0 Å². The Kier molecular flexibility index (Phi) is 5.97. The van der Waals surface area contributed by atoms with Gasteiger partial charge < -0.3 is 9.47 Å². The molecule has 2 rings (SSSR count). The minimum absolute atomic E-state index is 0.111. The van der Waals surface area contributed by atoms with E-state index in [1.54, 1.807) is 0 Å². The SMILES string of the molecule is CCOC(=O)C(C)(CC(C)SC1CCOC1C)NC1CC1. The number of hydrogen-bond donors (Lipinski definition) is 1. The van der Waals surface area contributed by atoms with Gasteiger partial charge in [-0.2, -0.15) is 11.8 Å². The molecule has 0 amide bonds. The van der Waals surface area contributed by atoms with Gasteiger partial charge in [0.05, 0.1) is 12.7 Å². The van der Waals surface area contributed by atoms with Gasteiger partial charge in [-0.05, 0) is 46.5 Å². The molecule has 4 nitrogen and oxygen atoms in total. The van der Waals surface area contributed by atoms with Crippen molar-refractivity contribution in [2.75, 3.05) is 13.2 Å². The van der Waals surface area contributed by atoms with Gasteiger partial charge in [-0.15, -0.1) is 0 Å². The molecule has 0 aromatic heterocycles. The number of carbonyl (C=O) groups is 1. The fourth-order valence-corrected chi connectivity index (χ4v) is 4.54. The van der Waals surface area contributed by atoms with Crippen LogP contribution < -0.4 is 5.32 Å². The molecule has 122 valence electrons. The maximum Gasteiger partial charge on any atom is 0.326 e. The van der Waals surface area contributed by atoms with Crippen molar-refractivity contribution in [3.05, 3.63) is 0 Å². The minimum Gasteiger partial charge on any atom is -0.465 e. The third kappa shape index (κ3) is 4.86. The first kappa shape index (κ1) is 17.1. The summed E-state index contributed by atoms with van der Waals surface area (Å²) in [6.45, 7) is 9.52. The van der Waals surface area contributed by atoms with E-state index in [1.165, 1.54) is 12.8 Å². The van der Waals surface area contributed by atoms with Crippen LogP contribution in [0, 0.1) is 0 Å². The number of carbonyl (C=O) groups excluding carboxylic acids is 1. The lowest BCUT2D eigenvalue weighted by molar-refractivity contribution is -0.150. The highest BCUT2D eigenvalue weighted by molar-refractivity contribution is 8.00. The summed E-state index contributed by atoms with van der Waals surface area (Å²) < 4.78 is 10.9. The van der Waals surface area contributed by atoms with Crippen LogP contribution in [0.1, 0.15) is 53.4 Å². The van der Waals surface area contributed by atoms with Gasteiger partial charge in [0, 0.05) is 23.1 Å². The number of esters is 1. The Labute approximate surface area is 132 Å². The Bertz CT molecular complexity index is 361. The molecule has 1 aliphatic heterocycles. The molecule has 0 aromatic carbocycles. The van der Waals surface area contributed by atoms with Crippen molar-refractivity contribution in [1.82, 2.24) is 5.32 Å². The molecule has 4 unspecified atom stereocenters. The van der Waals surface area contributed by atoms with Crippen LogP contribution in [-0.2, 0) is 14.3 Å². The predicted molar refractivity (Wildman–Crippen MR) is 86.7 cm³/mol. The fourth-order valence-electron chi connectivity index (χ4n) is 2.98. The average molecular weight is 315 g/mol. The second-order valence-electron chi connectivity index (χ2n) is 6.53. The van der Waals surface area contributed by atoms with Gasteiger partial charge in [0.1, 0.15) is 5.54 Å². The van der Waals surface area contributed by atoms with E-state index in [4.69, 9.17) is 9.47 Å². The van der Waals surface area contributed by atoms with E-state index in [2.05, 4.69) is 19.2 Å². The maximum atomic E-state index is 12.3. The van der Waals surface area contributed by atoms with Gasteiger partial charge >= 0.3 is 5.97 Å². The second kappa shape index (κ2) is 7.34. The molecule has 21 heavy (non-hydrogen) atoms. The van der Waals surface area contributed by atoms with Gasteiger partial charge in [0.25, 0.3) is 0 Å². The molecular weight excluding hydrogens is 286 g/mol. The molecule has 5 heteroatoms. The summed E-state index contributed by atoms with van der Waals surface area (Å²) in [4.78, 5) is 12.3.